The third-order valence-electron chi connectivity index (χ3n) is 6.10. The fraction of sp³-hybridized carbons (Fsp3) is 0.258. The smallest absolute Gasteiger partial charge is 0.338 e. The van der Waals surface area contributed by atoms with Gasteiger partial charge in [0.2, 0.25) is 0 Å². The standard InChI is InChI=1S/C31H31NO6/c1-5-16-37-31(36)23-10-7-11-24(18-23)32-27(22-9-6-8-20(4)17-22)26(29(34)30(32)35)28(33)21-12-14-25(15-13-21)38-19(2)3/h6-15,17-19,27,33H,5,16H2,1-4H3/b28-26+. The highest BCUT2D eigenvalue weighted by atomic mass is 16.5. The van der Waals surface area contributed by atoms with Crippen LogP contribution in [0.3, 0.4) is 0 Å². The number of carbonyl (C=O) groups is 3. The predicted octanol–water partition coefficient (Wildman–Crippen LogP) is 5.98. The van der Waals surface area contributed by atoms with Gasteiger partial charge in [0, 0.05) is 11.3 Å². The van der Waals surface area contributed by atoms with Crippen LogP contribution < -0.4 is 9.64 Å². The van der Waals surface area contributed by atoms with Gasteiger partial charge < -0.3 is 14.6 Å². The molecule has 1 unspecified atom stereocenters. The van der Waals surface area contributed by atoms with Crippen molar-refractivity contribution in [3.05, 3.63) is 101 Å². The van der Waals surface area contributed by atoms with Crippen molar-refractivity contribution < 1.29 is 29.0 Å². The van der Waals surface area contributed by atoms with Gasteiger partial charge in [-0.3, -0.25) is 14.5 Å². The van der Waals surface area contributed by atoms with Crippen LogP contribution in [0.2, 0.25) is 0 Å². The summed E-state index contributed by atoms with van der Waals surface area (Å²) in [6.07, 6.45) is 0.661. The largest absolute Gasteiger partial charge is 0.507 e. The monoisotopic (exact) mass is 513 g/mol. The highest BCUT2D eigenvalue weighted by Crippen LogP contribution is 2.42. The lowest BCUT2D eigenvalue weighted by atomic mass is 9.94. The second-order valence-electron chi connectivity index (χ2n) is 9.46. The maximum Gasteiger partial charge on any atom is 0.338 e. The summed E-state index contributed by atoms with van der Waals surface area (Å²) >= 11 is 0. The molecule has 0 aliphatic carbocycles. The van der Waals surface area contributed by atoms with Crippen LogP contribution in [0.1, 0.15) is 60.3 Å². The summed E-state index contributed by atoms with van der Waals surface area (Å²) < 4.78 is 10.9. The van der Waals surface area contributed by atoms with E-state index in [1.807, 2.05) is 52.0 Å². The fourth-order valence-corrected chi connectivity index (χ4v) is 4.43. The SMILES string of the molecule is CCCOC(=O)c1cccc(N2C(=O)C(=O)/C(=C(/O)c3ccc(OC(C)C)cc3)C2c2cccc(C)c2)c1. The summed E-state index contributed by atoms with van der Waals surface area (Å²) in [5.74, 6) is -1.78. The molecule has 1 aliphatic heterocycles. The average molecular weight is 514 g/mol. The van der Waals surface area contributed by atoms with Crippen molar-refractivity contribution in [2.45, 2.75) is 46.3 Å². The Hall–Kier alpha value is -4.39. The quantitative estimate of drug-likeness (QED) is 0.173. The van der Waals surface area contributed by atoms with E-state index in [-0.39, 0.29) is 29.6 Å². The Labute approximate surface area is 222 Å². The molecule has 1 heterocycles. The molecular formula is C31H31NO6. The van der Waals surface area contributed by atoms with Gasteiger partial charge in [-0.1, -0.05) is 42.8 Å². The molecule has 1 atom stereocenters. The number of aliphatic hydroxyl groups excluding tert-OH is 1. The highest BCUT2D eigenvalue weighted by molar-refractivity contribution is 6.51. The van der Waals surface area contributed by atoms with Crippen molar-refractivity contribution in [1.82, 2.24) is 0 Å². The number of ketones is 1. The Morgan fingerprint density at radius 3 is 2.34 bits per heavy atom. The van der Waals surface area contributed by atoms with Crippen LogP contribution in [-0.4, -0.2) is 35.5 Å². The molecule has 1 saturated heterocycles. The van der Waals surface area contributed by atoms with E-state index in [0.717, 1.165) is 5.56 Å². The van der Waals surface area contributed by atoms with Gasteiger partial charge in [-0.15, -0.1) is 0 Å². The van der Waals surface area contributed by atoms with Crippen molar-refractivity contribution in [2.75, 3.05) is 11.5 Å². The number of aliphatic hydroxyl groups is 1. The number of aryl methyl sites for hydroxylation is 1. The van der Waals surface area contributed by atoms with Crippen molar-refractivity contribution >= 4 is 29.1 Å². The lowest BCUT2D eigenvalue weighted by molar-refractivity contribution is -0.132. The highest BCUT2D eigenvalue weighted by Gasteiger charge is 2.47. The Balaban J connectivity index is 1.84. The fourth-order valence-electron chi connectivity index (χ4n) is 4.43. The van der Waals surface area contributed by atoms with E-state index in [2.05, 4.69) is 0 Å². The van der Waals surface area contributed by atoms with Crippen LogP contribution in [0.15, 0.2) is 78.4 Å². The number of hydrogen-bond acceptors (Lipinski definition) is 6. The number of benzene rings is 3. The molecular weight excluding hydrogens is 482 g/mol. The molecule has 1 fully saturated rings. The Bertz CT molecular complexity index is 1390. The van der Waals surface area contributed by atoms with Crippen molar-refractivity contribution in [3.63, 3.8) is 0 Å². The molecule has 196 valence electrons. The molecule has 0 bridgehead atoms. The van der Waals surface area contributed by atoms with Crippen LogP contribution >= 0.6 is 0 Å². The van der Waals surface area contributed by atoms with Crippen LogP contribution in [-0.2, 0) is 14.3 Å². The number of anilines is 1. The van der Waals surface area contributed by atoms with E-state index in [9.17, 15) is 19.5 Å². The summed E-state index contributed by atoms with van der Waals surface area (Å²) in [4.78, 5) is 40.7. The van der Waals surface area contributed by atoms with Crippen molar-refractivity contribution in [1.29, 1.82) is 0 Å². The minimum absolute atomic E-state index is 0.0175. The lowest BCUT2D eigenvalue weighted by Gasteiger charge is -2.26. The Morgan fingerprint density at radius 2 is 1.68 bits per heavy atom. The van der Waals surface area contributed by atoms with Gasteiger partial charge in [-0.2, -0.15) is 0 Å². The zero-order valence-electron chi connectivity index (χ0n) is 21.9. The second-order valence-corrected chi connectivity index (χ2v) is 9.46. The van der Waals surface area contributed by atoms with Crippen LogP contribution in [0.25, 0.3) is 5.76 Å². The number of rotatable bonds is 8. The summed E-state index contributed by atoms with van der Waals surface area (Å²) in [5, 5.41) is 11.4. The van der Waals surface area contributed by atoms with Gasteiger partial charge >= 0.3 is 5.97 Å². The molecule has 3 aromatic rings. The molecule has 0 saturated carbocycles. The molecule has 7 nitrogen and oxygen atoms in total. The van der Waals surface area contributed by atoms with Crippen LogP contribution in [0, 0.1) is 6.92 Å². The maximum atomic E-state index is 13.4. The Morgan fingerprint density at radius 1 is 0.974 bits per heavy atom. The zero-order valence-corrected chi connectivity index (χ0v) is 21.9. The van der Waals surface area contributed by atoms with E-state index in [1.165, 1.54) is 11.0 Å². The molecule has 0 radical (unpaired) electrons. The van der Waals surface area contributed by atoms with Crippen molar-refractivity contribution in [3.8, 4) is 5.75 Å². The molecule has 0 spiro atoms. The molecule has 0 aromatic heterocycles. The number of nitrogens with zero attached hydrogens (tertiary/aromatic N) is 1. The summed E-state index contributed by atoms with van der Waals surface area (Å²) in [7, 11) is 0. The van der Waals surface area contributed by atoms with Gasteiger partial charge in [-0.05, 0) is 75.2 Å². The van der Waals surface area contributed by atoms with E-state index < -0.39 is 23.7 Å². The number of carbonyl (C=O) groups excluding carboxylic acids is 3. The first-order valence-corrected chi connectivity index (χ1v) is 12.6. The summed E-state index contributed by atoms with van der Waals surface area (Å²) in [6.45, 7) is 7.91. The minimum Gasteiger partial charge on any atom is -0.507 e. The van der Waals surface area contributed by atoms with Gasteiger partial charge in [0.05, 0.1) is 29.9 Å². The molecule has 1 aliphatic rings. The average Bonchev–Trinajstić information content (AvgIpc) is 3.17. The summed E-state index contributed by atoms with van der Waals surface area (Å²) in [6, 6.07) is 19.7. The number of amides is 1. The molecule has 3 aromatic carbocycles. The number of ether oxygens (including phenoxy) is 2. The third kappa shape index (κ3) is 5.47. The number of Topliss-reactive ketones (excluding diaryl/α,β-unsaturated/α-hetero) is 1. The van der Waals surface area contributed by atoms with Gasteiger partial charge in [-0.25, -0.2) is 4.79 Å². The van der Waals surface area contributed by atoms with E-state index in [0.29, 0.717) is 29.0 Å². The van der Waals surface area contributed by atoms with Crippen LogP contribution in [0.5, 0.6) is 5.75 Å². The van der Waals surface area contributed by atoms with E-state index in [1.54, 1.807) is 42.5 Å². The summed E-state index contributed by atoms with van der Waals surface area (Å²) in [5.41, 5.74) is 2.56. The molecule has 4 rings (SSSR count). The minimum atomic E-state index is -0.900. The maximum absolute atomic E-state index is 13.4. The first kappa shape index (κ1) is 26.7. The van der Waals surface area contributed by atoms with Crippen molar-refractivity contribution in [2.24, 2.45) is 0 Å². The lowest BCUT2D eigenvalue weighted by Crippen LogP contribution is -2.29. The van der Waals surface area contributed by atoms with Crippen LogP contribution in [0.4, 0.5) is 5.69 Å². The number of hydrogen-bond donors (Lipinski definition) is 1. The van der Waals surface area contributed by atoms with E-state index in [4.69, 9.17) is 9.47 Å². The second kappa shape index (κ2) is 11.3. The number of esters is 1. The van der Waals surface area contributed by atoms with Gasteiger partial charge in [0.25, 0.3) is 11.7 Å². The normalized spacial score (nSPS) is 16.7. The van der Waals surface area contributed by atoms with E-state index >= 15 is 0 Å². The Kier molecular flexibility index (Phi) is 7.96. The zero-order chi connectivity index (χ0) is 27.4. The topological polar surface area (TPSA) is 93.1 Å². The third-order valence-corrected chi connectivity index (χ3v) is 6.10. The first-order valence-electron chi connectivity index (χ1n) is 12.6. The molecule has 38 heavy (non-hydrogen) atoms. The van der Waals surface area contributed by atoms with Gasteiger partial charge in [0.15, 0.2) is 0 Å². The van der Waals surface area contributed by atoms with Gasteiger partial charge in [0.1, 0.15) is 11.5 Å². The predicted molar refractivity (Wildman–Crippen MR) is 145 cm³/mol. The first-order chi connectivity index (χ1) is 18.2. The molecule has 1 N–H and O–H groups in total. The molecule has 7 heteroatoms. The molecule has 1 amide bonds.